The number of nitrogens with zero attached hydrogens (tertiary/aromatic N) is 1. The highest BCUT2D eigenvalue weighted by molar-refractivity contribution is 5.96. The Bertz CT molecular complexity index is 969. The number of carbonyl (C=O) groups is 1. The van der Waals surface area contributed by atoms with E-state index in [2.05, 4.69) is 10.2 Å². The molecule has 0 aliphatic carbocycles. The molecule has 3 rings (SSSR count). The van der Waals surface area contributed by atoms with Crippen LogP contribution in [-0.4, -0.2) is 63.7 Å². The van der Waals surface area contributed by atoms with E-state index in [4.69, 9.17) is 16.6 Å². The summed E-state index contributed by atoms with van der Waals surface area (Å²) >= 11 is 0. The zero-order valence-electron chi connectivity index (χ0n) is 19.6. The van der Waals surface area contributed by atoms with E-state index in [-0.39, 0.29) is 52.6 Å². The maximum atomic E-state index is 11.6. The van der Waals surface area contributed by atoms with Crippen molar-refractivity contribution in [2.75, 3.05) is 19.6 Å². The van der Waals surface area contributed by atoms with Crippen molar-refractivity contribution in [1.82, 2.24) is 10.2 Å². The SMILES string of the molecule is CC(=N)N1CCC(CNCc2cc(C(=O)O)cc(-c3cccc(C(=N)N)c3)c2)CC1.Cl.Cl.O.O.O. The second-order valence-electron chi connectivity index (χ2n) is 7.86. The molecular formula is C23H37Cl2N5O5. The van der Waals surface area contributed by atoms with Crippen LogP contribution in [0.3, 0.4) is 0 Å². The molecule has 0 amide bonds. The molecule has 0 unspecified atom stereocenters. The maximum Gasteiger partial charge on any atom is 0.335 e. The van der Waals surface area contributed by atoms with E-state index in [9.17, 15) is 9.90 Å². The molecule has 1 aliphatic rings. The second kappa shape index (κ2) is 16.8. The van der Waals surface area contributed by atoms with Crippen molar-refractivity contribution in [2.24, 2.45) is 11.7 Å². The van der Waals surface area contributed by atoms with Crippen molar-refractivity contribution < 1.29 is 26.3 Å². The van der Waals surface area contributed by atoms with Crippen LogP contribution in [0.2, 0.25) is 0 Å². The van der Waals surface area contributed by atoms with Gasteiger partial charge in [0.2, 0.25) is 0 Å². The summed E-state index contributed by atoms with van der Waals surface area (Å²) in [7, 11) is 0. The molecule has 10 nitrogen and oxygen atoms in total. The van der Waals surface area contributed by atoms with Gasteiger partial charge in [-0.25, -0.2) is 4.79 Å². The minimum absolute atomic E-state index is 0. The third kappa shape index (κ3) is 10.2. The van der Waals surface area contributed by atoms with Gasteiger partial charge < -0.3 is 37.5 Å². The smallest absolute Gasteiger partial charge is 0.335 e. The van der Waals surface area contributed by atoms with Crippen molar-refractivity contribution in [2.45, 2.75) is 26.3 Å². The largest absolute Gasteiger partial charge is 0.478 e. The fourth-order valence-electron chi connectivity index (χ4n) is 3.84. The van der Waals surface area contributed by atoms with E-state index in [1.165, 1.54) is 0 Å². The lowest BCUT2D eigenvalue weighted by atomic mass is 9.96. The number of piperidine rings is 1. The van der Waals surface area contributed by atoms with Gasteiger partial charge in [-0.3, -0.25) is 10.8 Å². The molecule has 0 bridgehead atoms. The summed E-state index contributed by atoms with van der Waals surface area (Å²) in [6.07, 6.45) is 2.11. The molecular weight excluding hydrogens is 497 g/mol. The summed E-state index contributed by atoms with van der Waals surface area (Å²) in [5, 5.41) is 28.4. The van der Waals surface area contributed by atoms with Crippen molar-refractivity contribution in [3.63, 3.8) is 0 Å². The fourth-order valence-corrected chi connectivity index (χ4v) is 3.84. The summed E-state index contributed by atoms with van der Waals surface area (Å²) in [5.41, 5.74) is 8.99. The predicted octanol–water partition coefficient (Wildman–Crippen LogP) is 1.50. The van der Waals surface area contributed by atoms with Crippen LogP contribution in [0, 0.1) is 16.7 Å². The van der Waals surface area contributed by atoms with Crippen molar-refractivity contribution in [1.29, 1.82) is 10.8 Å². The fraction of sp³-hybridized carbons (Fsp3) is 0.348. The molecule has 2 aromatic rings. The van der Waals surface area contributed by atoms with E-state index in [1.54, 1.807) is 24.3 Å². The molecule has 0 radical (unpaired) electrons. The minimum Gasteiger partial charge on any atom is -0.478 e. The van der Waals surface area contributed by atoms with Gasteiger partial charge in [0.15, 0.2) is 0 Å². The van der Waals surface area contributed by atoms with Crippen molar-refractivity contribution in [3.05, 3.63) is 59.2 Å². The van der Waals surface area contributed by atoms with Gasteiger partial charge in [0, 0.05) is 25.2 Å². The topological polar surface area (TPSA) is 221 Å². The molecule has 1 heterocycles. The Hall–Kier alpha value is -2.73. The molecule has 0 spiro atoms. The molecule has 12 heteroatoms. The number of carboxylic acids is 1. The number of rotatable bonds is 7. The minimum atomic E-state index is -0.963. The highest BCUT2D eigenvalue weighted by atomic mass is 35.5. The lowest BCUT2D eigenvalue weighted by Crippen LogP contribution is -2.39. The third-order valence-electron chi connectivity index (χ3n) is 5.60. The number of hydrogen-bond acceptors (Lipinski definition) is 4. The summed E-state index contributed by atoms with van der Waals surface area (Å²) in [5.74, 6) is 0.218. The van der Waals surface area contributed by atoms with E-state index in [0.717, 1.165) is 49.2 Å². The number of likely N-dealkylation sites (tertiary alicyclic amines) is 1. The van der Waals surface area contributed by atoms with Crippen LogP contribution in [0.1, 0.15) is 41.3 Å². The molecule has 1 saturated heterocycles. The van der Waals surface area contributed by atoms with Crippen LogP contribution >= 0.6 is 24.8 Å². The summed E-state index contributed by atoms with van der Waals surface area (Å²) in [4.78, 5) is 13.7. The first-order chi connectivity index (χ1) is 14.3. The highest BCUT2D eigenvalue weighted by Gasteiger charge is 2.19. The molecule has 1 fully saturated rings. The van der Waals surface area contributed by atoms with Gasteiger partial charge in [0.25, 0.3) is 0 Å². The Labute approximate surface area is 217 Å². The molecule has 0 saturated carbocycles. The predicted molar refractivity (Wildman–Crippen MR) is 145 cm³/mol. The summed E-state index contributed by atoms with van der Waals surface area (Å²) < 4.78 is 0. The first kappa shape index (κ1) is 36.8. The van der Waals surface area contributed by atoms with Crippen molar-refractivity contribution >= 4 is 42.5 Å². The van der Waals surface area contributed by atoms with Gasteiger partial charge in [-0.1, -0.05) is 18.2 Å². The number of carboxylic acid groups (broad SMARTS) is 1. The number of nitrogens with two attached hydrogens (primary N) is 1. The number of halogens is 2. The lowest BCUT2D eigenvalue weighted by Gasteiger charge is -2.32. The van der Waals surface area contributed by atoms with Gasteiger partial charge in [-0.05, 0) is 73.2 Å². The zero-order valence-corrected chi connectivity index (χ0v) is 21.2. The average Bonchev–Trinajstić information content (AvgIpc) is 2.74. The number of amidine groups is 2. The molecule has 35 heavy (non-hydrogen) atoms. The quantitative estimate of drug-likeness (QED) is 0.262. The van der Waals surface area contributed by atoms with Crippen LogP contribution in [-0.2, 0) is 6.54 Å². The van der Waals surface area contributed by atoms with Gasteiger partial charge in [0.1, 0.15) is 5.84 Å². The average molecular weight is 534 g/mol. The molecule has 0 atom stereocenters. The Morgan fingerprint density at radius 3 is 2.17 bits per heavy atom. The zero-order chi connectivity index (χ0) is 21.7. The first-order valence-electron chi connectivity index (χ1n) is 10.2. The maximum absolute atomic E-state index is 11.6. The number of nitrogen functional groups attached to an aromatic ring is 1. The van der Waals surface area contributed by atoms with E-state index in [0.29, 0.717) is 23.9 Å². The van der Waals surface area contributed by atoms with E-state index < -0.39 is 5.97 Å². The summed E-state index contributed by atoms with van der Waals surface area (Å²) in [6, 6.07) is 12.6. The molecule has 0 aromatic heterocycles. The van der Waals surface area contributed by atoms with E-state index >= 15 is 0 Å². The molecule has 2 aromatic carbocycles. The van der Waals surface area contributed by atoms with Gasteiger partial charge >= 0.3 is 5.97 Å². The summed E-state index contributed by atoms with van der Waals surface area (Å²) in [6.45, 7) is 5.14. The van der Waals surface area contributed by atoms with Crippen LogP contribution < -0.4 is 11.1 Å². The van der Waals surface area contributed by atoms with E-state index in [1.807, 2.05) is 25.1 Å². The third-order valence-corrected chi connectivity index (χ3v) is 5.60. The molecule has 12 N–H and O–H groups in total. The van der Waals surface area contributed by atoms with Crippen LogP contribution in [0.4, 0.5) is 0 Å². The van der Waals surface area contributed by atoms with Gasteiger partial charge in [0.05, 0.1) is 11.4 Å². The van der Waals surface area contributed by atoms with Crippen molar-refractivity contribution in [3.8, 4) is 11.1 Å². The lowest BCUT2D eigenvalue weighted by molar-refractivity contribution is 0.0696. The normalized spacial score (nSPS) is 12.4. The standard InChI is InChI=1S/C23H29N5O2.2ClH.3H2O/c1-15(24)28-7-5-16(6-8-28)13-27-14-17-9-20(12-21(10-17)23(29)30)18-3-2-4-19(11-18)22(25)26;;;;;/h2-4,9-12,16,24,27H,5-8,13-14H2,1H3,(H3,25,26)(H,29,30);2*1H;3*1H2. The number of benzene rings is 2. The monoisotopic (exact) mass is 533 g/mol. The van der Waals surface area contributed by atoms with Crippen LogP contribution in [0.5, 0.6) is 0 Å². The van der Waals surface area contributed by atoms with Crippen LogP contribution in [0.25, 0.3) is 11.1 Å². The number of aromatic carboxylic acids is 1. The Balaban J connectivity index is -0.00000205. The van der Waals surface area contributed by atoms with Gasteiger partial charge in [-0.15, -0.1) is 24.8 Å². The van der Waals surface area contributed by atoms with Crippen LogP contribution in [0.15, 0.2) is 42.5 Å². The Morgan fingerprint density at radius 1 is 1.03 bits per heavy atom. The second-order valence-corrected chi connectivity index (χ2v) is 7.86. The number of hydrogen-bond donors (Lipinski definition) is 5. The Morgan fingerprint density at radius 2 is 1.63 bits per heavy atom. The highest BCUT2D eigenvalue weighted by Crippen LogP contribution is 2.24. The number of nitrogens with one attached hydrogen (secondary N) is 3. The Kier molecular flexibility index (Phi) is 17.7. The first-order valence-corrected chi connectivity index (χ1v) is 10.2. The van der Waals surface area contributed by atoms with Gasteiger partial charge in [-0.2, -0.15) is 0 Å². The molecule has 1 aliphatic heterocycles. The molecule has 198 valence electrons.